The lowest BCUT2D eigenvalue weighted by atomic mass is 9.99. The molecule has 0 aromatic heterocycles. The molecular weight excluding hydrogens is 204 g/mol. The van der Waals surface area contributed by atoms with Gasteiger partial charge in [-0.2, -0.15) is 0 Å². The van der Waals surface area contributed by atoms with Crippen LogP contribution in [0.3, 0.4) is 0 Å². The molecule has 1 aromatic rings. The molecule has 0 aliphatic heterocycles. The number of rotatable bonds is 5. The third-order valence-electron chi connectivity index (χ3n) is 2.40. The van der Waals surface area contributed by atoms with Crippen LogP contribution in [0.4, 0.5) is 0 Å². The summed E-state index contributed by atoms with van der Waals surface area (Å²) in [5, 5.41) is 18.1. The highest BCUT2D eigenvalue weighted by atomic mass is 16.4. The molecule has 3 nitrogen and oxygen atoms in total. The number of benzene rings is 1. The second-order valence-electron chi connectivity index (χ2n) is 3.73. The van der Waals surface area contributed by atoms with Crippen LogP contribution in [0, 0.1) is 5.92 Å². The van der Waals surface area contributed by atoms with Crippen LogP contribution in [0.5, 0.6) is 0 Å². The fourth-order valence-corrected chi connectivity index (χ4v) is 1.42. The highest BCUT2D eigenvalue weighted by molar-refractivity contribution is 5.71. The van der Waals surface area contributed by atoms with Gasteiger partial charge in [-0.05, 0) is 18.9 Å². The normalized spacial score (nSPS) is 14.9. The Morgan fingerprint density at radius 3 is 2.50 bits per heavy atom. The zero-order valence-corrected chi connectivity index (χ0v) is 9.21. The van der Waals surface area contributed by atoms with Crippen LogP contribution >= 0.6 is 0 Å². The Labute approximate surface area is 95.0 Å². The van der Waals surface area contributed by atoms with Crippen molar-refractivity contribution in [1.82, 2.24) is 0 Å². The van der Waals surface area contributed by atoms with Crippen LogP contribution < -0.4 is 0 Å². The van der Waals surface area contributed by atoms with E-state index in [0.29, 0.717) is 6.42 Å². The lowest BCUT2D eigenvalue weighted by Crippen LogP contribution is -2.24. The van der Waals surface area contributed by atoms with E-state index >= 15 is 0 Å². The molecule has 0 spiro atoms. The van der Waals surface area contributed by atoms with Gasteiger partial charge in [-0.15, -0.1) is 0 Å². The van der Waals surface area contributed by atoms with Gasteiger partial charge in [-0.25, -0.2) is 0 Å². The summed E-state index contributed by atoms with van der Waals surface area (Å²) in [5.74, 6) is -1.70. The number of hydrogen-bond acceptors (Lipinski definition) is 2. The Kier molecular flexibility index (Phi) is 4.73. The molecule has 86 valence electrons. The largest absolute Gasteiger partial charge is 0.481 e. The quantitative estimate of drug-likeness (QED) is 0.799. The molecule has 0 fully saturated rings. The van der Waals surface area contributed by atoms with Crippen molar-refractivity contribution in [2.45, 2.75) is 19.4 Å². The van der Waals surface area contributed by atoms with Crippen molar-refractivity contribution in [2.24, 2.45) is 5.92 Å². The third-order valence-corrected chi connectivity index (χ3v) is 2.40. The lowest BCUT2D eigenvalue weighted by molar-refractivity contribution is -0.145. The van der Waals surface area contributed by atoms with Gasteiger partial charge in [0.25, 0.3) is 0 Å². The maximum absolute atomic E-state index is 10.8. The van der Waals surface area contributed by atoms with Crippen LogP contribution in [0.15, 0.2) is 36.4 Å². The van der Waals surface area contributed by atoms with Gasteiger partial charge in [-0.3, -0.25) is 4.79 Å². The van der Waals surface area contributed by atoms with Gasteiger partial charge in [-0.1, -0.05) is 42.5 Å². The monoisotopic (exact) mass is 220 g/mol. The number of aliphatic hydroxyl groups is 1. The van der Waals surface area contributed by atoms with Crippen LogP contribution in [0.25, 0.3) is 6.08 Å². The predicted molar refractivity (Wildman–Crippen MR) is 62.9 cm³/mol. The maximum atomic E-state index is 10.8. The Bertz CT molecular complexity index is 355. The van der Waals surface area contributed by atoms with Crippen molar-refractivity contribution >= 4 is 12.0 Å². The molecule has 1 rings (SSSR count). The molecule has 0 heterocycles. The number of aliphatic hydroxyl groups excluding tert-OH is 1. The van der Waals surface area contributed by atoms with Crippen molar-refractivity contribution in [3.05, 3.63) is 42.0 Å². The molecule has 0 saturated carbocycles. The Balaban J connectivity index is 2.56. The lowest BCUT2D eigenvalue weighted by Gasteiger charge is -2.12. The standard InChI is InChI=1S/C13H16O3/c1-10(14)12(13(15)16)9-5-8-11-6-3-2-4-7-11/h2-8,10,12,14H,9H2,1H3,(H,15,16)/b8-5+. The van der Waals surface area contributed by atoms with Gasteiger partial charge in [0.05, 0.1) is 12.0 Å². The van der Waals surface area contributed by atoms with Crippen molar-refractivity contribution in [2.75, 3.05) is 0 Å². The van der Waals surface area contributed by atoms with Gasteiger partial charge >= 0.3 is 5.97 Å². The summed E-state index contributed by atoms with van der Waals surface area (Å²) < 4.78 is 0. The van der Waals surface area contributed by atoms with Crippen molar-refractivity contribution in [3.63, 3.8) is 0 Å². The summed E-state index contributed by atoms with van der Waals surface area (Å²) in [6, 6.07) is 9.64. The first kappa shape index (κ1) is 12.5. The van der Waals surface area contributed by atoms with Gasteiger partial charge in [0.15, 0.2) is 0 Å². The summed E-state index contributed by atoms with van der Waals surface area (Å²) in [6.07, 6.45) is 3.14. The van der Waals surface area contributed by atoms with Gasteiger partial charge < -0.3 is 10.2 Å². The zero-order valence-electron chi connectivity index (χ0n) is 9.21. The molecule has 2 N–H and O–H groups in total. The second-order valence-corrected chi connectivity index (χ2v) is 3.73. The summed E-state index contributed by atoms with van der Waals surface area (Å²) >= 11 is 0. The number of aliphatic carboxylic acids is 1. The summed E-state index contributed by atoms with van der Waals surface area (Å²) in [4.78, 5) is 10.8. The van der Waals surface area contributed by atoms with Crippen molar-refractivity contribution < 1.29 is 15.0 Å². The summed E-state index contributed by atoms with van der Waals surface area (Å²) in [6.45, 7) is 1.50. The third kappa shape index (κ3) is 3.87. The maximum Gasteiger partial charge on any atom is 0.309 e. The average Bonchev–Trinajstić information content (AvgIpc) is 2.24. The van der Waals surface area contributed by atoms with Crippen molar-refractivity contribution in [1.29, 1.82) is 0 Å². The molecule has 0 aliphatic rings. The number of carboxylic acid groups (broad SMARTS) is 1. The number of hydrogen-bond donors (Lipinski definition) is 2. The van der Waals surface area contributed by atoms with Gasteiger partial charge in [0.1, 0.15) is 0 Å². The van der Waals surface area contributed by atoms with E-state index in [-0.39, 0.29) is 0 Å². The molecule has 16 heavy (non-hydrogen) atoms. The van der Waals surface area contributed by atoms with E-state index in [9.17, 15) is 9.90 Å². The first-order valence-corrected chi connectivity index (χ1v) is 5.23. The molecule has 2 unspecified atom stereocenters. The zero-order chi connectivity index (χ0) is 12.0. The average molecular weight is 220 g/mol. The van der Waals surface area contributed by atoms with E-state index in [1.807, 2.05) is 36.4 Å². The molecule has 0 radical (unpaired) electrons. The van der Waals surface area contributed by atoms with Crippen LogP contribution in [0.1, 0.15) is 18.9 Å². The first-order valence-electron chi connectivity index (χ1n) is 5.23. The smallest absolute Gasteiger partial charge is 0.309 e. The van der Waals surface area contributed by atoms with Crippen LogP contribution in [0.2, 0.25) is 0 Å². The van der Waals surface area contributed by atoms with Crippen LogP contribution in [-0.4, -0.2) is 22.3 Å². The fraction of sp³-hybridized carbons (Fsp3) is 0.308. The van der Waals surface area contributed by atoms with E-state index in [2.05, 4.69) is 0 Å². The highest BCUT2D eigenvalue weighted by Crippen LogP contribution is 2.11. The topological polar surface area (TPSA) is 57.5 Å². The number of allylic oxidation sites excluding steroid dienone is 1. The van der Waals surface area contributed by atoms with E-state index in [0.717, 1.165) is 5.56 Å². The van der Waals surface area contributed by atoms with Gasteiger partial charge in [0, 0.05) is 0 Å². The number of carbonyl (C=O) groups is 1. The molecule has 3 heteroatoms. The molecule has 0 saturated heterocycles. The van der Waals surface area contributed by atoms with E-state index in [4.69, 9.17) is 5.11 Å². The van der Waals surface area contributed by atoms with E-state index in [1.165, 1.54) is 6.92 Å². The fourth-order valence-electron chi connectivity index (χ4n) is 1.42. The molecule has 0 aliphatic carbocycles. The number of carboxylic acids is 1. The Morgan fingerprint density at radius 1 is 1.38 bits per heavy atom. The SMILES string of the molecule is CC(O)C(C/C=C/c1ccccc1)C(=O)O. The molecule has 1 aromatic carbocycles. The highest BCUT2D eigenvalue weighted by Gasteiger charge is 2.20. The first-order chi connectivity index (χ1) is 7.61. The molecular formula is C13H16O3. The van der Waals surface area contributed by atoms with Crippen molar-refractivity contribution in [3.8, 4) is 0 Å². The minimum absolute atomic E-state index is 0.335. The predicted octanol–water partition coefficient (Wildman–Crippen LogP) is 2.17. The Morgan fingerprint density at radius 2 is 2.00 bits per heavy atom. The minimum Gasteiger partial charge on any atom is -0.481 e. The van der Waals surface area contributed by atoms with Gasteiger partial charge in [0.2, 0.25) is 0 Å². The molecule has 2 atom stereocenters. The molecule has 0 amide bonds. The van der Waals surface area contributed by atoms with E-state index < -0.39 is 18.0 Å². The molecule has 0 bridgehead atoms. The van der Waals surface area contributed by atoms with E-state index in [1.54, 1.807) is 6.08 Å². The minimum atomic E-state index is -0.965. The summed E-state index contributed by atoms with van der Waals surface area (Å²) in [5.41, 5.74) is 1.03. The van der Waals surface area contributed by atoms with Crippen LogP contribution in [-0.2, 0) is 4.79 Å². The Hall–Kier alpha value is -1.61. The summed E-state index contributed by atoms with van der Waals surface area (Å²) in [7, 11) is 0. The second kappa shape index (κ2) is 6.08.